The van der Waals surface area contributed by atoms with Crippen LogP contribution in [0.5, 0.6) is 5.75 Å². The summed E-state index contributed by atoms with van der Waals surface area (Å²) in [5, 5.41) is 0. The Hall–Kier alpha value is -2.74. The molecule has 3 fully saturated rings. The van der Waals surface area contributed by atoms with Crippen LogP contribution in [-0.4, -0.2) is 64.5 Å². The van der Waals surface area contributed by atoms with Crippen LogP contribution in [0.2, 0.25) is 0 Å². The van der Waals surface area contributed by atoms with Crippen molar-refractivity contribution in [3.8, 4) is 5.75 Å². The number of nitrogens with two attached hydrogens (primary N) is 1. The fourth-order valence-corrected chi connectivity index (χ4v) is 4.88. The molecule has 1 aliphatic carbocycles. The van der Waals surface area contributed by atoms with E-state index in [-0.39, 0.29) is 28.9 Å². The maximum absolute atomic E-state index is 14.0. The SMILES string of the molecule is CN1CC(c2ccnc(N)n2)C2(C1)CN(C(=O)C1(Oc3ccccc3F)CC1)C2. The Morgan fingerprint density at radius 2 is 2.00 bits per heavy atom. The van der Waals surface area contributed by atoms with Crippen molar-refractivity contribution in [1.82, 2.24) is 19.8 Å². The molecule has 2 N–H and O–H groups in total. The average molecular weight is 397 g/mol. The predicted octanol–water partition coefficient (Wildman–Crippen LogP) is 1.67. The van der Waals surface area contributed by atoms with Crippen molar-refractivity contribution in [3.63, 3.8) is 0 Å². The number of hydrogen-bond acceptors (Lipinski definition) is 6. The number of carbonyl (C=O) groups excluding carboxylic acids is 1. The lowest BCUT2D eigenvalue weighted by Crippen LogP contribution is -2.64. The molecule has 1 aromatic heterocycles. The minimum Gasteiger partial charge on any atom is -0.474 e. The topological polar surface area (TPSA) is 84.6 Å². The first-order valence-corrected chi connectivity index (χ1v) is 9.91. The van der Waals surface area contributed by atoms with Gasteiger partial charge in [0.1, 0.15) is 0 Å². The number of likely N-dealkylation sites (tertiary alicyclic amines) is 2. The van der Waals surface area contributed by atoms with Crippen molar-refractivity contribution in [2.24, 2.45) is 5.41 Å². The van der Waals surface area contributed by atoms with E-state index in [1.807, 2.05) is 11.0 Å². The van der Waals surface area contributed by atoms with Gasteiger partial charge >= 0.3 is 0 Å². The number of likely N-dealkylation sites (N-methyl/N-ethyl adjacent to an activating group) is 1. The van der Waals surface area contributed by atoms with Crippen LogP contribution in [0, 0.1) is 11.2 Å². The molecule has 152 valence electrons. The molecule has 3 aliphatic rings. The fraction of sp³-hybridized carbons (Fsp3) is 0.476. The molecule has 1 unspecified atom stereocenters. The van der Waals surface area contributed by atoms with Crippen LogP contribution in [0.15, 0.2) is 36.5 Å². The maximum atomic E-state index is 14.0. The summed E-state index contributed by atoms with van der Waals surface area (Å²) in [6, 6.07) is 8.15. The van der Waals surface area contributed by atoms with E-state index >= 15 is 0 Å². The van der Waals surface area contributed by atoms with Gasteiger partial charge in [0.25, 0.3) is 5.91 Å². The largest absolute Gasteiger partial charge is 0.474 e. The highest BCUT2D eigenvalue weighted by Gasteiger charge is 2.62. The Labute approximate surface area is 168 Å². The summed E-state index contributed by atoms with van der Waals surface area (Å²) in [6.07, 6.45) is 2.93. The summed E-state index contributed by atoms with van der Waals surface area (Å²) in [6.45, 7) is 3.06. The summed E-state index contributed by atoms with van der Waals surface area (Å²) in [5.74, 6) is 0.134. The second-order valence-corrected chi connectivity index (χ2v) is 8.64. The van der Waals surface area contributed by atoms with Crippen LogP contribution in [0.3, 0.4) is 0 Å². The highest BCUT2D eigenvalue weighted by Crippen LogP contribution is 2.51. The van der Waals surface area contributed by atoms with Crippen molar-refractivity contribution in [2.45, 2.75) is 24.4 Å². The van der Waals surface area contributed by atoms with Gasteiger partial charge in [0.2, 0.25) is 5.95 Å². The smallest absolute Gasteiger partial charge is 0.266 e. The molecule has 1 aromatic carbocycles. The van der Waals surface area contributed by atoms with Crippen molar-refractivity contribution < 1.29 is 13.9 Å². The van der Waals surface area contributed by atoms with E-state index in [1.54, 1.807) is 24.4 Å². The van der Waals surface area contributed by atoms with Crippen LogP contribution >= 0.6 is 0 Å². The first-order valence-electron chi connectivity index (χ1n) is 9.91. The van der Waals surface area contributed by atoms with Gasteiger partial charge in [-0.1, -0.05) is 12.1 Å². The normalized spacial score (nSPS) is 24.3. The third kappa shape index (κ3) is 3.02. The number of benzene rings is 1. The van der Waals surface area contributed by atoms with Crippen LogP contribution < -0.4 is 10.5 Å². The number of ether oxygens (including phenoxy) is 1. The van der Waals surface area contributed by atoms with Gasteiger partial charge < -0.3 is 20.3 Å². The molecule has 7 nitrogen and oxygen atoms in total. The molecule has 2 saturated heterocycles. The number of amides is 1. The van der Waals surface area contributed by atoms with E-state index in [0.717, 1.165) is 18.8 Å². The number of aromatic nitrogens is 2. The standard InChI is InChI=1S/C21H24FN5O2/c1-26-10-14(16-6-9-24-19(23)25-16)20(11-26)12-27(13-20)18(28)21(7-8-21)29-17-5-3-2-4-15(17)22/h2-6,9,14H,7-8,10-13H2,1H3,(H2,23,24,25). The van der Waals surface area contributed by atoms with Gasteiger partial charge in [-0.25, -0.2) is 14.4 Å². The molecule has 2 aliphatic heterocycles. The van der Waals surface area contributed by atoms with E-state index in [9.17, 15) is 9.18 Å². The van der Waals surface area contributed by atoms with Gasteiger partial charge in [-0.2, -0.15) is 0 Å². The maximum Gasteiger partial charge on any atom is 0.266 e. The molecular weight excluding hydrogens is 373 g/mol. The molecule has 1 spiro atoms. The zero-order valence-corrected chi connectivity index (χ0v) is 16.3. The summed E-state index contributed by atoms with van der Waals surface area (Å²) in [5.41, 5.74) is 5.76. The summed E-state index contributed by atoms with van der Waals surface area (Å²) < 4.78 is 19.8. The first kappa shape index (κ1) is 18.3. The molecule has 8 heteroatoms. The number of nitrogen functional groups attached to an aromatic ring is 1. The summed E-state index contributed by atoms with van der Waals surface area (Å²) in [7, 11) is 2.08. The number of hydrogen-bond donors (Lipinski definition) is 1. The minimum absolute atomic E-state index is 0.0399. The number of nitrogens with zero attached hydrogens (tertiary/aromatic N) is 4. The lowest BCUT2D eigenvalue weighted by Gasteiger charge is -2.51. The quantitative estimate of drug-likeness (QED) is 0.845. The Bertz CT molecular complexity index is 958. The third-order valence-electron chi connectivity index (χ3n) is 6.41. The molecule has 2 aromatic rings. The molecular formula is C21H24FN5O2. The Morgan fingerprint density at radius 3 is 2.69 bits per heavy atom. The van der Waals surface area contributed by atoms with Crippen molar-refractivity contribution >= 4 is 11.9 Å². The van der Waals surface area contributed by atoms with Gasteiger partial charge in [0.05, 0.1) is 5.69 Å². The van der Waals surface area contributed by atoms with Gasteiger partial charge in [-0.15, -0.1) is 0 Å². The van der Waals surface area contributed by atoms with Crippen LogP contribution in [0.25, 0.3) is 0 Å². The molecule has 1 atom stereocenters. The monoisotopic (exact) mass is 397 g/mol. The van der Waals surface area contributed by atoms with E-state index < -0.39 is 11.4 Å². The molecule has 29 heavy (non-hydrogen) atoms. The van der Waals surface area contributed by atoms with Crippen molar-refractivity contribution in [1.29, 1.82) is 0 Å². The zero-order chi connectivity index (χ0) is 20.2. The Balaban J connectivity index is 1.31. The first-order chi connectivity index (χ1) is 13.9. The second-order valence-electron chi connectivity index (χ2n) is 8.64. The molecule has 1 amide bonds. The average Bonchev–Trinajstić information content (AvgIpc) is 3.36. The second kappa shape index (κ2) is 6.38. The fourth-order valence-electron chi connectivity index (χ4n) is 4.88. The van der Waals surface area contributed by atoms with E-state index in [0.29, 0.717) is 25.9 Å². The molecule has 3 heterocycles. The van der Waals surface area contributed by atoms with Gasteiger partial charge in [-0.05, 0) is 25.2 Å². The third-order valence-corrected chi connectivity index (χ3v) is 6.41. The van der Waals surface area contributed by atoms with Crippen molar-refractivity contribution in [3.05, 3.63) is 48.0 Å². The molecule has 0 bridgehead atoms. The molecule has 1 saturated carbocycles. The zero-order valence-electron chi connectivity index (χ0n) is 16.3. The number of rotatable bonds is 4. The minimum atomic E-state index is -0.914. The van der Waals surface area contributed by atoms with Crippen LogP contribution in [0.1, 0.15) is 24.5 Å². The van der Waals surface area contributed by atoms with E-state index in [1.165, 1.54) is 6.07 Å². The predicted molar refractivity (Wildman–Crippen MR) is 105 cm³/mol. The number of halogens is 1. The van der Waals surface area contributed by atoms with Gasteiger partial charge in [0.15, 0.2) is 17.2 Å². The lowest BCUT2D eigenvalue weighted by atomic mass is 9.70. The van der Waals surface area contributed by atoms with E-state index in [4.69, 9.17) is 10.5 Å². The highest BCUT2D eigenvalue weighted by molar-refractivity contribution is 5.89. The number of carbonyl (C=O) groups is 1. The van der Waals surface area contributed by atoms with Gasteiger partial charge in [-0.3, -0.25) is 4.79 Å². The highest BCUT2D eigenvalue weighted by atomic mass is 19.1. The number of anilines is 1. The summed E-state index contributed by atoms with van der Waals surface area (Å²) >= 11 is 0. The Kier molecular flexibility index (Phi) is 4.03. The van der Waals surface area contributed by atoms with Crippen LogP contribution in [0.4, 0.5) is 10.3 Å². The molecule has 0 radical (unpaired) electrons. The molecule has 5 rings (SSSR count). The van der Waals surface area contributed by atoms with Crippen LogP contribution in [-0.2, 0) is 4.79 Å². The van der Waals surface area contributed by atoms with Gasteiger partial charge in [0, 0.05) is 56.6 Å². The van der Waals surface area contributed by atoms with E-state index in [2.05, 4.69) is 21.9 Å². The van der Waals surface area contributed by atoms with Crippen molar-refractivity contribution in [2.75, 3.05) is 39.0 Å². The number of para-hydroxylation sites is 1. The summed E-state index contributed by atoms with van der Waals surface area (Å²) in [4.78, 5) is 25.7. The lowest BCUT2D eigenvalue weighted by molar-refractivity contribution is -0.153. The Morgan fingerprint density at radius 1 is 1.24 bits per heavy atom.